The van der Waals surface area contributed by atoms with E-state index >= 15 is 0 Å². The first kappa shape index (κ1) is 25.3. The minimum Gasteiger partial charge on any atom is -0.335 e. The monoisotopic (exact) mass is 506 g/mol. The number of aromatic nitrogens is 4. The number of halogens is 1. The van der Waals surface area contributed by atoms with Crippen molar-refractivity contribution in [1.29, 1.82) is 0 Å². The summed E-state index contributed by atoms with van der Waals surface area (Å²) in [6.45, 7) is 4.85. The second-order valence-electron chi connectivity index (χ2n) is 10.3. The van der Waals surface area contributed by atoms with Crippen LogP contribution in [-0.2, 0) is 13.5 Å². The number of benzene rings is 2. The van der Waals surface area contributed by atoms with Gasteiger partial charge in [-0.05, 0) is 84.9 Å². The van der Waals surface area contributed by atoms with Gasteiger partial charge in [0.15, 0.2) is 5.82 Å². The van der Waals surface area contributed by atoms with Crippen LogP contribution in [0.15, 0.2) is 48.5 Å². The predicted molar refractivity (Wildman–Crippen MR) is 140 cm³/mol. The number of aryl methyl sites for hydroxylation is 1. The molecule has 2 aliphatic heterocycles. The van der Waals surface area contributed by atoms with E-state index in [1.807, 2.05) is 36.4 Å². The van der Waals surface area contributed by atoms with E-state index < -0.39 is 0 Å². The number of hydrogen-bond acceptors (Lipinski definition) is 6. The average Bonchev–Trinajstić information content (AvgIpc) is 3.33. The van der Waals surface area contributed by atoms with Gasteiger partial charge in [-0.15, -0.1) is 5.10 Å². The second kappa shape index (κ2) is 11.8. The van der Waals surface area contributed by atoms with Crippen molar-refractivity contribution in [3.8, 4) is 11.4 Å². The number of nitrogens with zero attached hydrogens (tertiary/aromatic N) is 5. The summed E-state index contributed by atoms with van der Waals surface area (Å²) in [5.41, 5.74) is 2.73. The smallest absolute Gasteiger partial charge is 0.319 e. The highest BCUT2D eigenvalue weighted by Gasteiger charge is 2.30. The maximum Gasteiger partial charge on any atom is 0.319 e. The molecule has 1 aromatic heterocycles. The molecule has 3 N–H and O–H groups in total. The van der Waals surface area contributed by atoms with Gasteiger partial charge in [0.25, 0.3) is 0 Å². The van der Waals surface area contributed by atoms with Crippen molar-refractivity contribution >= 4 is 11.7 Å². The summed E-state index contributed by atoms with van der Waals surface area (Å²) in [7, 11) is 1.78. The molecule has 3 aromatic rings. The van der Waals surface area contributed by atoms with Crippen molar-refractivity contribution in [3.05, 3.63) is 59.9 Å². The fourth-order valence-corrected chi connectivity index (χ4v) is 5.62. The van der Waals surface area contributed by atoms with E-state index in [9.17, 15) is 9.18 Å². The zero-order valence-electron chi connectivity index (χ0n) is 21.2. The summed E-state index contributed by atoms with van der Waals surface area (Å²) < 4.78 is 14.9. The van der Waals surface area contributed by atoms with Gasteiger partial charge in [0, 0.05) is 49.9 Å². The van der Waals surface area contributed by atoms with Crippen LogP contribution in [0.25, 0.3) is 11.4 Å². The summed E-state index contributed by atoms with van der Waals surface area (Å²) in [5, 5.41) is 21.3. The number of likely N-dealkylation sites (tertiary alicyclic amines) is 1. The van der Waals surface area contributed by atoms with Crippen LogP contribution in [-0.4, -0.2) is 69.9 Å². The third-order valence-electron chi connectivity index (χ3n) is 7.46. The molecule has 3 heterocycles. The van der Waals surface area contributed by atoms with Crippen LogP contribution in [0, 0.1) is 17.7 Å². The molecule has 3 atom stereocenters. The number of piperidine rings is 2. The molecule has 2 amide bonds. The lowest BCUT2D eigenvalue weighted by Gasteiger charge is -2.39. The highest BCUT2D eigenvalue weighted by Crippen LogP contribution is 2.24. The van der Waals surface area contributed by atoms with E-state index in [1.54, 1.807) is 23.9 Å². The van der Waals surface area contributed by atoms with Crippen molar-refractivity contribution < 1.29 is 9.18 Å². The summed E-state index contributed by atoms with van der Waals surface area (Å²) >= 11 is 0. The van der Waals surface area contributed by atoms with E-state index in [2.05, 4.69) is 36.4 Å². The van der Waals surface area contributed by atoms with E-state index in [0.717, 1.165) is 51.1 Å². The minimum atomic E-state index is -0.196. The zero-order chi connectivity index (χ0) is 25.6. The number of hydrogen-bond donors (Lipinski definition) is 3. The second-order valence-corrected chi connectivity index (χ2v) is 10.3. The van der Waals surface area contributed by atoms with Crippen LogP contribution < -0.4 is 16.0 Å². The number of carbonyl (C=O) groups is 1. The summed E-state index contributed by atoms with van der Waals surface area (Å²) in [4.78, 5) is 15.5. The third kappa shape index (κ3) is 6.69. The van der Waals surface area contributed by atoms with Gasteiger partial charge in [-0.25, -0.2) is 13.9 Å². The first-order valence-corrected chi connectivity index (χ1v) is 13.1. The van der Waals surface area contributed by atoms with Crippen LogP contribution in [0.5, 0.6) is 0 Å². The van der Waals surface area contributed by atoms with E-state index in [1.165, 1.54) is 18.4 Å². The number of urea groups is 1. The molecule has 1 unspecified atom stereocenters. The largest absolute Gasteiger partial charge is 0.335 e. The SMILES string of the molecule is Cn1nnnc1-c1cccc(NC(=O)N[C@@H]2CCNC[C@H]2CN2CCCC(Cc3ccc(F)cc3)C2)c1. The fourth-order valence-electron chi connectivity index (χ4n) is 5.62. The van der Waals surface area contributed by atoms with Crippen molar-refractivity contribution in [3.63, 3.8) is 0 Å². The van der Waals surface area contributed by atoms with E-state index in [-0.39, 0.29) is 17.9 Å². The van der Waals surface area contributed by atoms with Gasteiger partial charge in [0.2, 0.25) is 0 Å². The lowest BCUT2D eigenvalue weighted by molar-refractivity contribution is 0.128. The van der Waals surface area contributed by atoms with Gasteiger partial charge in [0.1, 0.15) is 5.82 Å². The first-order valence-electron chi connectivity index (χ1n) is 13.1. The Labute approximate surface area is 216 Å². The normalized spacial score (nSPS) is 22.5. The van der Waals surface area contributed by atoms with Gasteiger partial charge in [-0.3, -0.25) is 0 Å². The molecule has 196 valence electrons. The number of tetrazole rings is 1. The number of anilines is 1. The Morgan fingerprint density at radius 1 is 1.19 bits per heavy atom. The number of carbonyl (C=O) groups excluding carboxylic acids is 1. The lowest BCUT2D eigenvalue weighted by Crippen LogP contribution is -2.54. The van der Waals surface area contributed by atoms with Gasteiger partial charge >= 0.3 is 6.03 Å². The molecule has 0 aliphatic carbocycles. The Kier molecular flexibility index (Phi) is 8.05. The molecule has 10 heteroatoms. The molecule has 0 spiro atoms. The number of nitrogens with one attached hydrogen (secondary N) is 3. The zero-order valence-corrected chi connectivity index (χ0v) is 21.2. The molecule has 2 saturated heterocycles. The van der Waals surface area contributed by atoms with Crippen LogP contribution in [0.2, 0.25) is 0 Å². The van der Waals surface area contributed by atoms with Crippen LogP contribution in [0.4, 0.5) is 14.9 Å². The maximum absolute atomic E-state index is 13.3. The lowest BCUT2D eigenvalue weighted by atomic mass is 9.88. The maximum atomic E-state index is 13.3. The molecular weight excluding hydrogens is 471 g/mol. The van der Waals surface area contributed by atoms with Crippen LogP contribution in [0.3, 0.4) is 0 Å². The Morgan fingerprint density at radius 3 is 2.86 bits per heavy atom. The van der Waals surface area contributed by atoms with Crippen molar-refractivity contribution in [1.82, 2.24) is 35.7 Å². The minimum absolute atomic E-state index is 0.102. The van der Waals surface area contributed by atoms with Crippen molar-refractivity contribution in [2.75, 3.05) is 38.0 Å². The Bertz CT molecular complexity index is 1180. The average molecular weight is 507 g/mol. The highest BCUT2D eigenvalue weighted by atomic mass is 19.1. The molecule has 5 rings (SSSR count). The Morgan fingerprint density at radius 2 is 2.05 bits per heavy atom. The van der Waals surface area contributed by atoms with Gasteiger partial charge in [-0.2, -0.15) is 0 Å². The molecular formula is C27H35FN8O. The van der Waals surface area contributed by atoms with Crippen molar-refractivity contribution in [2.24, 2.45) is 18.9 Å². The Hall–Kier alpha value is -3.37. The first-order chi connectivity index (χ1) is 18.0. The van der Waals surface area contributed by atoms with Crippen LogP contribution in [0.1, 0.15) is 24.8 Å². The molecule has 0 radical (unpaired) electrons. The molecule has 0 bridgehead atoms. The summed E-state index contributed by atoms with van der Waals surface area (Å²) in [6, 6.07) is 14.3. The Balaban J connectivity index is 1.16. The number of amides is 2. The molecule has 37 heavy (non-hydrogen) atoms. The molecule has 2 fully saturated rings. The van der Waals surface area contributed by atoms with E-state index in [4.69, 9.17) is 0 Å². The van der Waals surface area contributed by atoms with Gasteiger partial charge < -0.3 is 20.9 Å². The highest BCUT2D eigenvalue weighted by molar-refractivity contribution is 5.90. The molecule has 2 aromatic carbocycles. The van der Waals surface area contributed by atoms with Crippen LogP contribution >= 0.6 is 0 Å². The van der Waals surface area contributed by atoms with Gasteiger partial charge in [0.05, 0.1) is 0 Å². The molecule has 9 nitrogen and oxygen atoms in total. The molecule has 2 aliphatic rings. The summed E-state index contributed by atoms with van der Waals surface area (Å²) in [6.07, 6.45) is 4.25. The standard InChI is InChI=1S/C27H35FN8O/c1-35-26(32-33-34-35)21-5-2-6-24(15-21)30-27(37)31-25-11-12-29-16-22(25)18-36-13-3-4-20(17-36)14-19-7-9-23(28)10-8-19/h2,5-10,15,20,22,25,29H,3-4,11-14,16-18H2,1H3,(H2,30,31,37)/t20?,22-,25+/m0/s1. The quantitative estimate of drug-likeness (QED) is 0.456. The number of rotatable bonds is 7. The van der Waals surface area contributed by atoms with Gasteiger partial charge in [-0.1, -0.05) is 24.3 Å². The van der Waals surface area contributed by atoms with E-state index in [0.29, 0.717) is 23.3 Å². The molecule has 0 saturated carbocycles. The fraction of sp³-hybridized carbons (Fsp3) is 0.481. The van der Waals surface area contributed by atoms with Crippen molar-refractivity contribution in [2.45, 2.75) is 31.7 Å². The topological polar surface area (TPSA) is 100 Å². The summed E-state index contributed by atoms with van der Waals surface area (Å²) in [5.74, 6) is 1.36. The predicted octanol–water partition coefficient (Wildman–Crippen LogP) is 3.07. The third-order valence-corrected chi connectivity index (χ3v) is 7.46.